The van der Waals surface area contributed by atoms with Gasteiger partial charge in [0.05, 0.1) is 6.07 Å². The predicted molar refractivity (Wildman–Crippen MR) is 101 cm³/mol. The normalized spacial score (nSPS) is 10.8. The summed E-state index contributed by atoms with van der Waals surface area (Å²) in [4.78, 5) is 28.4. The zero-order valence-electron chi connectivity index (χ0n) is 15.9. The van der Waals surface area contributed by atoms with Gasteiger partial charge in [0.2, 0.25) is 5.82 Å². The van der Waals surface area contributed by atoms with E-state index in [0.29, 0.717) is 6.54 Å². The number of hydrogen-bond acceptors (Lipinski definition) is 5. The van der Waals surface area contributed by atoms with E-state index < -0.39 is 24.1 Å². The summed E-state index contributed by atoms with van der Waals surface area (Å²) < 4.78 is 41.9. The van der Waals surface area contributed by atoms with Crippen molar-refractivity contribution in [3.05, 3.63) is 36.3 Å². The molecule has 0 fully saturated rings. The smallest absolute Gasteiger partial charge is 0.406 e. The number of nitriles is 1. The first-order valence-electron chi connectivity index (χ1n) is 8.88. The van der Waals surface area contributed by atoms with Gasteiger partial charge in [0.25, 0.3) is 5.91 Å². The number of halogens is 3. The molecule has 30 heavy (non-hydrogen) atoms. The number of aryl methyl sites for hydroxylation is 1. The Hall–Kier alpha value is -3.75. The number of ether oxygens (including phenoxy) is 1. The molecular weight excluding hydrogens is 405 g/mol. The van der Waals surface area contributed by atoms with Crippen molar-refractivity contribution >= 4 is 23.4 Å². The van der Waals surface area contributed by atoms with Crippen LogP contribution in [0.15, 0.2) is 30.5 Å². The van der Waals surface area contributed by atoms with Crippen molar-refractivity contribution in [2.75, 3.05) is 17.2 Å². The maximum absolute atomic E-state index is 12.2. The molecule has 2 rings (SSSR count). The second-order valence-corrected chi connectivity index (χ2v) is 5.99. The van der Waals surface area contributed by atoms with Crippen LogP contribution in [0.5, 0.6) is 5.75 Å². The molecule has 0 aliphatic carbocycles. The van der Waals surface area contributed by atoms with E-state index in [4.69, 9.17) is 5.26 Å². The number of amides is 3. The Labute approximate surface area is 169 Å². The van der Waals surface area contributed by atoms with Gasteiger partial charge in [-0.2, -0.15) is 5.26 Å². The van der Waals surface area contributed by atoms with Gasteiger partial charge in [-0.05, 0) is 30.7 Å². The molecule has 1 heterocycles. The van der Waals surface area contributed by atoms with Gasteiger partial charge in [0.1, 0.15) is 12.3 Å². The molecule has 9 nitrogen and oxygen atoms in total. The van der Waals surface area contributed by atoms with Crippen LogP contribution in [-0.2, 0) is 6.54 Å². The van der Waals surface area contributed by atoms with Crippen LogP contribution < -0.4 is 20.7 Å². The Morgan fingerprint density at radius 2 is 1.93 bits per heavy atom. The molecule has 3 N–H and O–H groups in total. The monoisotopic (exact) mass is 424 g/mol. The first kappa shape index (κ1) is 22.5. The molecule has 2 aromatic rings. The minimum Gasteiger partial charge on any atom is -0.406 e. The third kappa shape index (κ3) is 7.01. The number of carbonyl (C=O) groups excluding carboxylic acids is 2. The van der Waals surface area contributed by atoms with Crippen LogP contribution in [0.2, 0.25) is 0 Å². The van der Waals surface area contributed by atoms with Crippen molar-refractivity contribution < 1.29 is 27.5 Å². The van der Waals surface area contributed by atoms with Gasteiger partial charge in [-0.15, -0.1) is 13.2 Å². The molecule has 0 radical (unpaired) electrons. The van der Waals surface area contributed by atoms with Crippen molar-refractivity contribution in [1.29, 1.82) is 5.26 Å². The number of unbranched alkanes of at least 4 members (excludes halogenated alkanes) is 1. The fourth-order valence-electron chi connectivity index (χ4n) is 2.37. The number of anilines is 2. The summed E-state index contributed by atoms with van der Waals surface area (Å²) in [6.07, 6.45) is -1.68. The number of aromatic nitrogens is 2. The number of carbonyl (C=O) groups is 2. The second-order valence-electron chi connectivity index (χ2n) is 5.99. The third-order valence-corrected chi connectivity index (χ3v) is 3.65. The average Bonchev–Trinajstić information content (AvgIpc) is 3.07. The highest BCUT2D eigenvalue weighted by atomic mass is 19.4. The van der Waals surface area contributed by atoms with E-state index in [9.17, 15) is 22.8 Å². The number of benzene rings is 1. The number of imidazole rings is 1. The minimum atomic E-state index is -4.81. The van der Waals surface area contributed by atoms with Gasteiger partial charge in [-0.1, -0.05) is 13.3 Å². The minimum absolute atomic E-state index is 0.0441. The van der Waals surface area contributed by atoms with Crippen LogP contribution in [0.4, 0.5) is 29.5 Å². The molecule has 12 heteroatoms. The molecule has 0 aliphatic rings. The lowest BCUT2D eigenvalue weighted by atomic mass is 10.3. The summed E-state index contributed by atoms with van der Waals surface area (Å²) in [6.45, 7) is 2.28. The second kappa shape index (κ2) is 10.1. The SMILES string of the molecule is CCCCn1cc(NC(=O)Nc2ccc(OC(F)(F)F)cc2)nc1C(=O)NCC#N. The third-order valence-electron chi connectivity index (χ3n) is 3.65. The standard InChI is InChI=1S/C18H19F3N6O3/c1-2-3-10-27-11-14(25-15(27)16(28)23-9-8-22)26-17(29)24-12-4-6-13(7-5-12)30-18(19,20)21/h4-7,11H,2-3,9-10H2,1H3,(H,23,28)(H2,24,26,29). The van der Waals surface area contributed by atoms with Crippen LogP contribution in [-0.4, -0.2) is 34.4 Å². The first-order chi connectivity index (χ1) is 14.2. The Morgan fingerprint density at radius 1 is 1.23 bits per heavy atom. The van der Waals surface area contributed by atoms with Crippen LogP contribution in [0.3, 0.4) is 0 Å². The Bertz CT molecular complexity index is 919. The number of alkyl halides is 3. The highest BCUT2D eigenvalue weighted by Gasteiger charge is 2.31. The van der Waals surface area contributed by atoms with E-state index in [1.165, 1.54) is 18.3 Å². The van der Waals surface area contributed by atoms with E-state index in [2.05, 4.69) is 25.7 Å². The molecule has 1 aromatic carbocycles. The molecule has 0 saturated carbocycles. The largest absolute Gasteiger partial charge is 0.573 e. The van der Waals surface area contributed by atoms with Gasteiger partial charge >= 0.3 is 12.4 Å². The molecule has 0 unspecified atom stereocenters. The number of nitrogens with one attached hydrogen (secondary N) is 3. The molecule has 160 valence electrons. The fraction of sp³-hybridized carbons (Fsp3) is 0.333. The topological polar surface area (TPSA) is 121 Å². The van der Waals surface area contributed by atoms with Crippen molar-refractivity contribution in [1.82, 2.24) is 14.9 Å². The maximum atomic E-state index is 12.2. The molecule has 0 saturated heterocycles. The maximum Gasteiger partial charge on any atom is 0.573 e. The Morgan fingerprint density at radius 3 is 2.53 bits per heavy atom. The van der Waals surface area contributed by atoms with E-state index in [0.717, 1.165) is 25.0 Å². The summed E-state index contributed by atoms with van der Waals surface area (Å²) in [7, 11) is 0. The van der Waals surface area contributed by atoms with Crippen LogP contribution in [0.1, 0.15) is 30.4 Å². The molecule has 0 aliphatic heterocycles. The molecule has 3 amide bonds. The van der Waals surface area contributed by atoms with Gasteiger partial charge < -0.3 is 19.9 Å². The number of nitrogens with zero attached hydrogens (tertiary/aromatic N) is 3. The van der Waals surface area contributed by atoms with Gasteiger partial charge in [-0.25, -0.2) is 9.78 Å². The number of rotatable bonds is 8. The Balaban J connectivity index is 2.04. The van der Waals surface area contributed by atoms with E-state index >= 15 is 0 Å². The highest BCUT2D eigenvalue weighted by molar-refractivity contribution is 5.99. The van der Waals surface area contributed by atoms with Crippen molar-refractivity contribution in [3.8, 4) is 11.8 Å². The zero-order chi connectivity index (χ0) is 22.1. The summed E-state index contributed by atoms with van der Waals surface area (Å²) in [5.41, 5.74) is 0.222. The lowest BCUT2D eigenvalue weighted by molar-refractivity contribution is -0.274. The van der Waals surface area contributed by atoms with Gasteiger partial charge in [0, 0.05) is 18.4 Å². The molecule has 0 bridgehead atoms. The first-order valence-corrected chi connectivity index (χ1v) is 8.88. The number of hydrogen-bond donors (Lipinski definition) is 3. The lowest BCUT2D eigenvalue weighted by Crippen LogP contribution is -2.27. The zero-order valence-corrected chi connectivity index (χ0v) is 15.9. The summed E-state index contributed by atoms with van der Waals surface area (Å²) in [5, 5.41) is 15.9. The molecule has 0 atom stereocenters. The average molecular weight is 424 g/mol. The van der Waals surface area contributed by atoms with Gasteiger partial charge in [0.15, 0.2) is 5.82 Å². The molecular formula is C18H19F3N6O3. The van der Waals surface area contributed by atoms with E-state index in [-0.39, 0.29) is 23.9 Å². The van der Waals surface area contributed by atoms with Crippen molar-refractivity contribution in [2.24, 2.45) is 0 Å². The van der Waals surface area contributed by atoms with Crippen molar-refractivity contribution in [3.63, 3.8) is 0 Å². The summed E-state index contributed by atoms with van der Waals surface area (Å²) in [6, 6.07) is 5.67. The molecule has 0 spiro atoms. The van der Waals surface area contributed by atoms with Gasteiger partial charge in [-0.3, -0.25) is 10.1 Å². The van der Waals surface area contributed by atoms with Crippen LogP contribution in [0, 0.1) is 11.3 Å². The van der Waals surface area contributed by atoms with E-state index in [1.54, 1.807) is 10.6 Å². The number of urea groups is 1. The quantitative estimate of drug-likeness (QED) is 0.560. The Kier molecular flexibility index (Phi) is 7.62. The van der Waals surface area contributed by atoms with Crippen LogP contribution >= 0.6 is 0 Å². The lowest BCUT2D eigenvalue weighted by Gasteiger charge is -2.10. The summed E-state index contributed by atoms with van der Waals surface area (Å²) in [5.74, 6) is -0.831. The van der Waals surface area contributed by atoms with Crippen LogP contribution in [0.25, 0.3) is 0 Å². The molecule has 1 aromatic heterocycles. The fourth-order valence-corrected chi connectivity index (χ4v) is 2.37. The van der Waals surface area contributed by atoms with Crippen molar-refractivity contribution in [2.45, 2.75) is 32.7 Å². The van der Waals surface area contributed by atoms with E-state index in [1.807, 2.05) is 6.92 Å². The predicted octanol–water partition coefficient (Wildman–Crippen LogP) is 3.48. The highest BCUT2D eigenvalue weighted by Crippen LogP contribution is 2.24. The summed E-state index contributed by atoms with van der Waals surface area (Å²) >= 11 is 0.